The molecule has 0 unspecified atom stereocenters. The minimum Gasteiger partial charge on any atom is -0.326 e. The number of para-hydroxylation sites is 1. The molecular weight excluding hydrogens is 222 g/mol. The quantitative estimate of drug-likeness (QED) is 0.873. The standard InChI is InChI=1S/C12H16ClN3/c1-4-16-10-8(13)6-5-7-9(10)15-11(16)12(2,3)14/h5-7H,4,14H2,1-3H3. The first-order chi connectivity index (χ1) is 7.45. The number of fused-ring (bicyclic) bond motifs is 1. The minimum absolute atomic E-state index is 0.460. The maximum absolute atomic E-state index is 6.20. The van der Waals surface area contributed by atoms with E-state index in [1.807, 2.05) is 32.0 Å². The van der Waals surface area contributed by atoms with Crippen molar-refractivity contribution in [3.8, 4) is 0 Å². The van der Waals surface area contributed by atoms with Gasteiger partial charge in [0.2, 0.25) is 0 Å². The number of benzene rings is 1. The van der Waals surface area contributed by atoms with Crippen LogP contribution in [0.2, 0.25) is 5.02 Å². The lowest BCUT2D eigenvalue weighted by Crippen LogP contribution is -2.32. The fourth-order valence-corrected chi connectivity index (χ4v) is 2.21. The van der Waals surface area contributed by atoms with Gasteiger partial charge in [-0.1, -0.05) is 17.7 Å². The predicted octanol–water partition coefficient (Wildman–Crippen LogP) is 2.90. The highest BCUT2D eigenvalue weighted by Gasteiger charge is 2.23. The van der Waals surface area contributed by atoms with Crippen LogP contribution < -0.4 is 5.73 Å². The van der Waals surface area contributed by atoms with Crippen LogP contribution in [0.3, 0.4) is 0 Å². The molecule has 16 heavy (non-hydrogen) atoms. The van der Waals surface area contributed by atoms with Gasteiger partial charge in [0, 0.05) is 6.54 Å². The molecule has 4 heteroatoms. The van der Waals surface area contributed by atoms with Crippen LogP contribution in [0, 0.1) is 0 Å². The average molecular weight is 238 g/mol. The van der Waals surface area contributed by atoms with E-state index in [2.05, 4.69) is 16.5 Å². The lowest BCUT2D eigenvalue weighted by atomic mass is 10.1. The predicted molar refractivity (Wildman–Crippen MR) is 67.6 cm³/mol. The Bertz CT molecular complexity index is 523. The Morgan fingerprint density at radius 1 is 1.44 bits per heavy atom. The van der Waals surface area contributed by atoms with E-state index in [9.17, 15) is 0 Å². The van der Waals surface area contributed by atoms with Gasteiger partial charge in [0.15, 0.2) is 0 Å². The van der Waals surface area contributed by atoms with Crippen LogP contribution in [0.4, 0.5) is 0 Å². The molecule has 0 atom stereocenters. The number of rotatable bonds is 2. The van der Waals surface area contributed by atoms with Crippen molar-refractivity contribution in [2.75, 3.05) is 0 Å². The summed E-state index contributed by atoms with van der Waals surface area (Å²) in [4.78, 5) is 4.57. The summed E-state index contributed by atoms with van der Waals surface area (Å²) in [6, 6.07) is 5.75. The SMILES string of the molecule is CCn1c(C(C)(C)N)nc2cccc(Cl)c21. The molecule has 3 nitrogen and oxygen atoms in total. The van der Waals surface area contributed by atoms with Crippen molar-refractivity contribution in [2.24, 2.45) is 5.73 Å². The molecule has 2 N–H and O–H groups in total. The highest BCUT2D eigenvalue weighted by molar-refractivity contribution is 6.35. The molecule has 86 valence electrons. The van der Waals surface area contributed by atoms with Gasteiger partial charge in [-0.05, 0) is 32.9 Å². The Morgan fingerprint density at radius 2 is 2.12 bits per heavy atom. The van der Waals surface area contributed by atoms with Crippen molar-refractivity contribution in [1.29, 1.82) is 0 Å². The molecule has 0 saturated heterocycles. The molecular formula is C12H16ClN3. The van der Waals surface area contributed by atoms with Gasteiger partial charge in [0.25, 0.3) is 0 Å². The first-order valence-electron chi connectivity index (χ1n) is 5.39. The largest absolute Gasteiger partial charge is 0.326 e. The Hall–Kier alpha value is -1.06. The average Bonchev–Trinajstić information content (AvgIpc) is 2.57. The highest BCUT2D eigenvalue weighted by atomic mass is 35.5. The van der Waals surface area contributed by atoms with E-state index in [-0.39, 0.29) is 0 Å². The number of nitrogens with zero attached hydrogens (tertiary/aromatic N) is 2. The second-order valence-electron chi connectivity index (χ2n) is 4.51. The Morgan fingerprint density at radius 3 is 2.69 bits per heavy atom. The summed E-state index contributed by atoms with van der Waals surface area (Å²) in [5.74, 6) is 0.873. The molecule has 0 aliphatic heterocycles. The summed E-state index contributed by atoms with van der Waals surface area (Å²) in [7, 11) is 0. The second kappa shape index (κ2) is 3.75. The smallest absolute Gasteiger partial charge is 0.129 e. The van der Waals surface area contributed by atoms with Gasteiger partial charge in [-0.3, -0.25) is 0 Å². The van der Waals surface area contributed by atoms with E-state index in [1.165, 1.54) is 0 Å². The summed E-state index contributed by atoms with van der Waals surface area (Å²) in [6.45, 7) is 6.79. The van der Waals surface area contributed by atoms with Gasteiger partial charge in [0.1, 0.15) is 5.82 Å². The number of imidazole rings is 1. The van der Waals surface area contributed by atoms with Crippen molar-refractivity contribution in [2.45, 2.75) is 32.9 Å². The normalized spacial score (nSPS) is 12.3. The number of aromatic nitrogens is 2. The molecule has 0 radical (unpaired) electrons. The Kier molecular flexibility index (Phi) is 2.68. The van der Waals surface area contributed by atoms with Crippen molar-refractivity contribution >= 4 is 22.6 Å². The first kappa shape index (κ1) is 11.4. The summed E-state index contributed by atoms with van der Waals surface area (Å²) in [6.07, 6.45) is 0. The van der Waals surface area contributed by atoms with Crippen LogP contribution in [-0.4, -0.2) is 9.55 Å². The summed E-state index contributed by atoms with van der Waals surface area (Å²) in [5.41, 5.74) is 7.54. The molecule has 0 bridgehead atoms. The number of halogens is 1. The zero-order valence-corrected chi connectivity index (χ0v) is 10.5. The number of nitrogens with two attached hydrogens (primary N) is 1. The van der Waals surface area contributed by atoms with Gasteiger partial charge in [-0.25, -0.2) is 4.98 Å². The van der Waals surface area contributed by atoms with E-state index in [0.717, 1.165) is 28.4 Å². The van der Waals surface area contributed by atoms with Gasteiger partial charge in [-0.2, -0.15) is 0 Å². The van der Waals surface area contributed by atoms with Gasteiger partial charge < -0.3 is 10.3 Å². The third kappa shape index (κ3) is 1.70. The maximum atomic E-state index is 6.20. The molecule has 2 aromatic rings. The summed E-state index contributed by atoms with van der Waals surface area (Å²) >= 11 is 6.20. The lowest BCUT2D eigenvalue weighted by Gasteiger charge is -2.19. The molecule has 2 rings (SSSR count). The minimum atomic E-state index is -0.460. The van der Waals surface area contributed by atoms with Gasteiger partial charge in [0.05, 0.1) is 21.6 Å². The zero-order valence-electron chi connectivity index (χ0n) is 9.79. The van der Waals surface area contributed by atoms with Gasteiger partial charge >= 0.3 is 0 Å². The number of hydrogen-bond acceptors (Lipinski definition) is 2. The molecule has 0 aliphatic carbocycles. The molecule has 0 amide bonds. The van der Waals surface area contributed by atoms with E-state index in [4.69, 9.17) is 17.3 Å². The van der Waals surface area contributed by atoms with Gasteiger partial charge in [-0.15, -0.1) is 0 Å². The van der Waals surface area contributed by atoms with E-state index in [1.54, 1.807) is 0 Å². The highest BCUT2D eigenvalue weighted by Crippen LogP contribution is 2.28. The topological polar surface area (TPSA) is 43.8 Å². The third-order valence-corrected chi connectivity index (χ3v) is 2.91. The van der Waals surface area contributed by atoms with Crippen LogP contribution in [0.15, 0.2) is 18.2 Å². The number of aryl methyl sites for hydroxylation is 1. The summed E-state index contributed by atoms with van der Waals surface area (Å²) in [5, 5.41) is 0.724. The molecule has 1 aromatic carbocycles. The van der Waals surface area contributed by atoms with E-state index < -0.39 is 5.54 Å². The monoisotopic (exact) mass is 237 g/mol. The molecule has 0 fully saturated rings. The fraction of sp³-hybridized carbons (Fsp3) is 0.417. The van der Waals surface area contributed by atoms with Crippen molar-refractivity contribution in [3.63, 3.8) is 0 Å². The number of hydrogen-bond donors (Lipinski definition) is 1. The third-order valence-electron chi connectivity index (χ3n) is 2.61. The lowest BCUT2D eigenvalue weighted by molar-refractivity contribution is 0.485. The molecule has 1 heterocycles. The van der Waals surface area contributed by atoms with Crippen molar-refractivity contribution in [3.05, 3.63) is 29.0 Å². The van der Waals surface area contributed by atoms with Crippen molar-refractivity contribution < 1.29 is 0 Å². The summed E-state index contributed by atoms with van der Waals surface area (Å²) < 4.78 is 2.08. The van der Waals surface area contributed by atoms with Crippen LogP contribution in [0.25, 0.3) is 11.0 Å². The van der Waals surface area contributed by atoms with Crippen LogP contribution >= 0.6 is 11.6 Å². The van der Waals surface area contributed by atoms with Crippen LogP contribution in [-0.2, 0) is 12.1 Å². The van der Waals surface area contributed by atoms with Crippen LogP contribution in [0.5, 0.6) is 0 Å². The Balaban J connectivity index is 2.83. The molecule has 0 saturated carbocycles. The molecule has 1 aromatic heterocycles. The molecule has 0 spiro atoms. The van der Waals surface area contributed by atoms with E-state index >= 15 is 0 Å². The second-order valence-corrected chi connectivity index (χ2v) is 4.92. The fourth-order valence-electron chi connectivity index (χ4n) is 1.94. The van der Waals surface area contributed by atoms with Crippen LogP contribution in [0.1, 0.15) is 26.6 Å². The Labute approximate surface area is 100 Å². The van der Waals surface area contributed by atoms with Crippen molar-refractivity contribution in [1.82, 2.24) is 9.55 Å². The first-order valence-corrected chi connectivity index (χ1v) is 5.77. The maximum Gasteiger partial charge on any atom is 0.129 e. The zero-order chi connectivity index (χ0) is 11.9. The van der Waals surface area contributed by atoms with E-state index in [0.29, 0.717) is 0 Å². The molecule has 0 aliphatic rings.